The summed E-state index contributed by atoms with van der Waals surface area (Å²) in [5.74, 6) is 0. The lowest BCUT2D eigenvalue weighted by molar-refractivity contribution is 1.19. The van der Waals surface area contributed by atoms with Crippen LogP contribution in [0.25, 0.3) is 0 Å². The first-order chi connectivity index (χ1) is 7.66. The molecule has 2 rings (SSSR count). The van der Waals surface area contributed by atoms with Gasteiger partial charge in [0.2, 0.25) is 0 Å². The van der Waals surface area contributed by atoms with Gasteiger partial charge in [0.15, 0.2) is 0 Å². The first-order valence-electron chi connectivity index (χ1n) is 4.88. The zero-order chi connectivity index (χ0) is 11.5. The van der Waals surface area contributed by atoms with Gasteiger partial charge in [-0.25, -0.2) is 0 Å². The van der Waals surface area contributed by atoms with Crippen LogP contribution >= 0.6 is 34.5 Å². The molecule has 1 nitrogen and oxygen atoms in total. The summed E-state index contributed by atoms with van der Waals surface area (Å²) < 4.78 is 0. The van der Waals surface area contributed by atoms with Crippen LogP contribution in [-0.2, 0) is 6.54 Å². The molecule has 1 aromatic carbocycles. The molecular formula is C12H11Cl2NS. The molecule has 1 N–H and O–H groups in total. The van der Waals surface area contributed by atoms with Crippen LogP contribution in [0.4, 0.5) is 5.69 Å². The maximum absolute atomic E-state index is 6.12. The van der Waals surface area contributed by atoms with Crippen molar-refractivity contribution in [3.63, 3.8) is 0 Å². The zero-order valence-electron chi connectivity index (χ0n) is 8.76. The number of rotatable bonds is 3. The molecule has 0 fully saturated rings. The van der Waals surface area contributed by atoms with Gasteiger partial charge in [-0.05, 0) is 36.1 Å². The molecule has 0 aliphatic carbocycles. The Balaban J connectivity index is 2.12. The number of hydrogen-bond donors (Lipinski definition) is 1. The molecule has 4 heteroatoms. The quantitative estimate of drug-likeness (QED) is 0.831. The predicted octanol–water partition coefficient (Wildman–Crippen LogP) is 4.98. The van der Waals surface area contributed by atoms with Crippen LogP contribution in [0.2, 0.25) is 10.0 Å². The van der Waals surface area contributed by atoms with E-state index in [0.717, 1.165) is 22.8 Å². The molecule has 0 spiro atoms. The first-order valence-corrected chi connectivity index (χ1v) is 6.52. The van der Waals surface area contributed by atoms with Crippen molar-refractivity contribution in [3.05, 3.63) is 50.1 Å². The third-order valence-corrected chi connectivity index (χ3v) is 3.88. The third kappa shape index (κ3) is 2.70. The van der Waals surface area contributed by atoms with E-state index in [2.05, 4.69) is 16.8 Å². The molecule has 2 aromatic rings. The van der Waals surface area contributed by atoms with Gasteiger partial charge in [-0.1, -0.05) is 29.3 Å². The molecule has 0 aliphatic rings. The summed E-state index contributed by atoms with van der Waals surface area (Å²) in [6, 6.07) is 7.86. The average Bonchev–Trinajstić information content (AvgIpc) is 2.74. The maximum atomic E-state index is 6.12. The molecule has 1 heterocycles. The Kier molecular flexibility index (Phi) is 3.74. The van der Waals surface area contributed by atoms with Gasteiger partial charge in [0.05, 0.1) is 10.7 Å². The summed E-state index contributed by atoms with van der Waals surface area (Å²) in [4.78, 5) is 1.27. The monoisotopic (exact) mass is 271 g/mol. The Hall–Kier alpha value is -0.700. The minimum Gasteiger partial charge on any atom is -0.379 e. The zero-order valence-corrected chi connectivity index (χ0v) is 11.1. The first kappa shape index (κ1) is 11.8. The van der Waals surface area contributed by atoms with Gasteiger partial charge in [-0.3, -0.25) is 0 Å². The highest BCUT2D eigenvalue weighted by atomic mass is 35.5. The van der Waals surface area contributed by atoms with E-state index in [1.165, 1.54) is 4.88 Å². The van der Waals surface area contributed by atoms with Crippen LogP contribution in [0.3, 0.4) is 0 Å². The lowest BCUT2D eigenvalue weighted by atomic mass is 10.2. The van der Waals surface area contributed by atoms with E-state index in [1.54, 1.807) is 11.3 Å². The summed E-state index contributed by atoms with van der Waals surface area (Å²) in [5.41, 5.74) is 1.87. The van der Waals surface area contributed by atoms with Crippen molar-refractivity contribution in [3.8, 4) is 0 Å². The number of thiophene rings is 1. The molecule has 0 radical (unpaired) electrons. The van der Waals surface area contributed by atoms with Crippen LogP contribution in [-0.4, -0.2) is 0 Å². The molecule has 0 saturated heterocycles. The third-order valence-electron chi connectivity index (χ3n) is 2.28. The molecule has 0 unspecified atom stereocenters. The lowest BCUT2D eigenvalue weighted by Gasteiger charge is -2.09. The maximum Gasteiger partial charge on any atom is 0.0641 e. The Morgan fingerprint density at radius 2 is 2.06 bits per heavy atom. The van der Waals surface area contributed by atoms with Crippen molar-refractivity contribution in [2.24, 2.45) is 0 Å². The summed E-state index contributed by atoms with van der Waals surface area (Å²) in [5, 5.41) is 6.77. The van der Waals surface area contributed by atoms with Gasteiger partial charge in [-0.15, -0.1) is 11.3 Å². The van der Waals surface area contributed by atoms with Crippen LogP contribution in [0.1, 0.15) is 10.4 Å². The number of nitrogens with one attached hydrogen (secondary N) is 1. The van der Waals surface area contributed by atoms with E-state index < -0.39 is 0 Å². The van der Waals surface area contributed by atoms with E-state index in [9.17, 15) is 0 Å². The van der Waals surface area contributed by atoms with E-state index in [-0.39, 0.29) is 0 Å². The highest BCUT2D eigenvalue weighted by Crippen LogP contribution is 2.29. The van der Waals surface area contributed by atoms with E-state index >= 15 is 0 Å². The fourth-order valence-corrected chi connectivity index (χ4v) is 2.47. The van der Waals surface area contributed by atoms with Crippen molar-refractivity contribution in [2.75, 3.05) is 5.32 Å². The van der Waals surface area contributed by atoms with E-state index in [4.69, 9.17) is 23.2 Å². The van der Waals surface area contributed by atoms with Crippen LogP contribution in [0.5, 0.6) is 0 Å². The SMILES string of the molecule is Cc1cc(Cl)c(NCc2cccs2)cc1Cl. The normalized spacial score (nSPS) is 10.4. The van der Waals surface area contributed by atoms with Gasteiger partial charge < -0.3 is 5.32 Å². The molecular weight excluding hydrogens is 261 g/mol. The molecule has 0 bridgehead atoms. The molecule has 84 valence electrons. The van der Waals surface area contributed by atoms with Crippen molar-refractivity contribution in [1.82, 2.24) is 0 Å². The van der Waals surface area contributed by atoms with Gasteiger partial charge >= 0.3 is 0 Å². The second kappa shape index (κ2) is 5.09. The van der Waals surface area contributed by atoms with Crippen molar-refractivity contribution in [1.29, 1.82) is 0 Å². The topological polar surface area (TPSA) is 12.0 Å². The number of anilines is 1. The Bertz CT molecular complexity index is 480. The average molecular weight is 272 g/mol. The fourth-order valence-electron chi connectivity index (χ4n) is 1.38. The molecule has 0 saturated carbocycles. The predicted molar refractivity (Wildman–Crippen MR) is 72.8 cm³/mol. The number of benzene rings is 1. The minimum absolute atomic E-state index is 0.707. The molecule has 0 aliphatic heterocycles. The fraction of sp³-hybridized carbons (Fsp3) is 0.167. The van der Waals surface area contributed by atoms with Gasteiger partial charge in [0.1, 0.15) is 0 Å². The Morgan fingerprint density at radius 1 is 1.25 bits per heavy atom. The van der Waals surface area contributed by atoms with Crippen LogP contribution < -0.4 is 5.32 Å². The largest absolute Gasteiger partial charge is 0.379 e. The van der Waals surface area contributed by atoms with Crippen LogP contribution in [0, 0.1) is 6.92 Å². The number of halogens is 2. The summed E-state index contributed by atoms with van der Waals surface area (Å²) >= 11 is 13.9. The summed E-state index contributed by atoms with van der Waals surface area (Å²) in [6.07, 6.45) is 0. The molecule has 0 amide bonds. The smallest absolute Gasteiger partial charge is 0.0641 e. The lowest BCUT2D eigenvalue weighted by Crippen LogP contribution is -1.98. The van der Waals surface area contributed by atoms with Crippen molar-refractivity contribution >= 4 is 40.2 Å². The van der Waals surface area contributed by atoms with Crippen molar-refractivity contribution in [2.45, 2.75) is 13.5 Å². The van der Waals surface area contributed by atoms with E-state index in [0.29, 0.717) is 5.02 Å². The molecule has 16 heavy (non-hydrogen) atoms. The second-order valence-corrected chi connectivity index (χ2v) is 5.36. The van der Waals surface area contributed by atoms with Gasteiger partial charge in [-0.2, -0.15) is 0 Å². The highest BCUT2D eigenvalue weighted by molar-refractivity contribution is 7.09. The van der Waals surface area contributed by atoms with E-state index in [1.807, 2.05) is 25.1 Å². The highest BCUT2D eigenvalue weighted by Gasteiger charge is 2.04. The van der Waals surface area contributed by atoms with Crippen LogP contribution in [0.15, 0.2) is 29.6 Å². The van der Waals surface area contributed by atoms with Gasteiger partial charge in [0, 0.05) is 16.4 Å². The Labute approximate surface area is 109 Å². The van der Waals surface area contributed by atoms with Crippen molar-refractivity contribution < 1.29 is 0 Å². The molecule has 0 atom stereocenters. The summed E-state index contributed by atoms with van der Waals surface area (Å²) in [7, 11) is 0. The second-order valence-electron chi connectivity index (χ2n) is 3.51. The number of aryl methyl sites for hydroxylation is 1. The summed E-state index contributed by atoms with van der Waals surface area (Å²) in [6.45, 7) is 2.72. The number of hydrogen-bond acceptors (Lipinski definition) is 2. The molecule has 1 aromatic heterocycles. The minimum atomic E-state index is 0.707. The van der Waals surface area contributed by atoms with Gasteiger partial charge in [0.25, 0.3) is 0 Å². The Morgan fingerprint density at radius 3 is 2.75 bits per heavy atom. The standard InChI is InChI=1S/C12H11Cl2NS/c1-8-5-11(14)12(6-10(8)13)15-7-9-3-2-4-16-9/h2-6,15H,7H2,1H3.